The molecule has 0 fully saturated rings. The Balaban J connectivity index is 2.40. The van der Waals surface area contributed by atoms with Crippen LogP contribution in [-0.4, -0.2) is 16.5 Å². The molecule has 1 N–H and O–H groups in total. The summed E-state index contributed by atoms with van der Waals surface area (Å²) in [5, 5.41) is 8.89. The third-order valence-corrected chi connectivity index (χ3v) is 3.65. The van der Waals surface area contributed by atoms with Crippen molar-refractivity contribution >= 4 is 11.8 Å². The Morgan fingerprint density at radius 1 is 1.21 bits per heavy atom. The Labute approximate surface area is 90.5 Å². The summed E-state index contributed by atoms with van der Waals surface area (Å²) in [5.74, 6) is 1.02. The Hall–Kier alpha value is -0.470. The van der Waals surface area contributed by atoms with Gasteiger partial charge in [-0.3, -0.25) is 0 Å². The highest BCUT2D eigenvalue weighted by Crippen LogP contribution is 2.30. The molecule has 2 heteroatoms. The van der Waals surface area contributed by atoms with E-state index in [1.54, 1.807) is 0 Å². The number of thioether (sulfide) groups is 1. The second-order valence-electron chi connectivity index (χ2n) is 4.01. The molecule has 1 aromatic carbocycles. The number of benzene rings is 1. The van der Waals surface area contributed by atoms with Crippen LogP contribution < -0.4 is 0 Å². The zero-order chi connectivity index (χ0) is 10.4. The van der Waals surface area contributed by atoms with E-state index in [2.05, 4.69) is 38.1 Å². The maximum absolute atomic E-state index is 8.89. The molecule has 0 bridgehead atoms. The van der Waals surface area contributed by atoms with Gasteiger partial charge in [0.05, 0.1) is 0 Å². The topological polar surface area (TPSA) is 20.2 Å². The molecule has 0 spiro atoms. The van der Waals surface area contributed by atoms with E-state index in [-0.39, 0.29) is 11.4 Å². The average Bonchev–Trinajstić information content (AvgIpc) is 2.17. The summed E-state index contributed by atoms with van der Waals surface area (Å²) < 4.78 is 0.171. The Kier molecular flexibility index (Phi) is 4.49. The van der Waals surface area contributed by atoms with E-state index in [0.717, 1.165) is 12.2 Å². The molecule has 0 aliphatic rings. The van der Waals surface area contributed by atoms with Crippen molar-refractivity contribution in [2.75, 3.05) is 6.61 Å². The number of hydrogen-bond acceptors (Lipinski definition) is 2. The Morgan fingerprint density at radius 2 is 1.86 bits per heavy atom. The summed E-state index contributed by atoms with van der Waals surface area (Å²) in [7, 11) is 0. The molecule has 0 amide bonds. The van der Waals surface area contributed by atoms with Gasteiger partial charge in [-0.2, -0.15) is 11.8 Å². The van der Waals surface area contributed by atoms with Crippen LogP contribution in [0.4, 0.5) is 0 Å². The first-order valence-corrected chi connectivity index (χ1v) is 5.91. The van der Waals surface area contributed by atoms with Crippen molar-refractivity contribution in [1.29, 1.82) is 0 Å². The van der Waals surface area contributed by atoms with Gasteiger partial charge in [-0.1, -0.05) is 44.2 Å². The van der Waals surface area contributed by atoms with Gasteiger partial charge in [0, 0.05) is 17.1 Å². The smallest absolute Gasteiger partial charge is 0.0444 e. The minimum Gasteiger partial charge on any atom is -0.396 e. The van der Waals surface area contributed by atoms with E-state index in [1.807, 2.05) is 17.8 Å². The molecular formula is C12H18OS. The van der Waals surface area contributed by atoms with E-state index in [0.29, 0.717) is 0 Å². The van der Waals surface area contributed by atoms with Crippen LogP contribution in [0.5, 0.6) is 0 Å². The van der Waals surface area contributed by atoms with Crippen molar-refractivity contribution in [3.05, 3.63) is 35.9 Å². The van der Waals surface area contributed by atoms with Crippen molar-refractivity contribution in [2.24, 2.45) is 0 Å². The third kappa shape index (κ3) is 4.16. The molecule has 0 saturated carbocycles. The first kappa shape index (κ1) is 11.6. The Morgan fingerprint density at radius 3 is 2.43 bits per heavy atom. The molecule has 0 saturated heterocycles. The van der Waals surface area contributed by atoms with Gasteiger partial charge in [0.15, 0.2) is 0 Å². The summed E-state index contributed by atoms with van der Waals surface area (Å²) in [6.07, 6.45) is 0.852. The standard InChI is InChI=1S/C12H18OS/c1-12(2,8-9-13)14-10-11-6-4-3-5-7-11/h3-7,13H,8-10H2,1-2H3. The monoisotopic (exact) mass is 210 g/mol. The van der Waals surface area contributed by atoms with E-state index in [4.69, 9.17) is 5.11 Å². The van der Waals surface area contributed by atoms with Gasteiger partial charge in [0.2, 0.25) is 0 Å². The number of rotatable bonds is 5. The number of hydrogen-bond donors (Lipinski definition) is 1. The van der Waals surface area contributed by atoms with Crippen LogP contribution in [0.2, 0.25) is 0 Å². The van der Waals surface area contributed by atoms with E-state index in [1.165, 1.54) is 5.56 Å². The lowest BCUT2D eigenvalue weighted by Crippen LogP contribution is -2.16. The molecule has 0 heterocycles. The zero-order valence-corrected chi connectivity index (χ0v) is 9.68. The van der Waals surface area contributed by atoms with E-state index < -0.39 is 0 Å². The van der Waals surface area contributed by atoms with Gasteiger partial charge < -0.3 is 5.11 Å². The molecular weight excluding hydrogens is 192 g/mol. The van der Waals surface area contributed by atoms with Crippen molar-refractivity contribution < 1.29 is 5.11 Å². The predicted molar refractivity (Wildman–Crippen MR) is 63.5 cm³/mol. The summed E-state index contributed by atoms with van der Waals surface area (Å²) >= 11 is 1.90. The van der Waals surface area contributed by atoms with E-state index >= 15 is 0 Å². The SMILES string of the molecule is CC(C)(CCO)SCc1ccccc1. The number of aliphatic hydroxyl groups excluding tert-OH is 1. The van der Waals surface area contributed by atoms with Crippen LogP contribution in [-0.2, 0) is 5.75 Å². The molecule has 0 aliphatic heterocycles. The van der Waals surface area contributed by atoms with Gasteiger partial charge in [0.25, 0.3) is 0 Å². The third-order valence-electron chi connectivity index (χ3n) is 2.19. The second kappa shape index (κ2) is 5.42. The first-order chi connectivity index (χ1) is 6.64. The van der Waals surface area contributed by atoms with E-state index in [9.17, 15) is 0 Å². The van der Waals surface area contributed by atoms with Crippen LogP contribution in [0.15, 0.2) is 30.3 Å². The highest BCUT2D eigenvalue weighted by molar-refractivity contribution is 7.99. The molecule has 14 heavy (non-hydrogen) atoms. The van der Waals surface area contributed by atoms with Crippen LogP contribution in [0, 0.1) is 0 Å². The molecule has 0 radical (unpaired) electrons. The summed E-state index contributed by atoms with van der Waals surface area (Å²) in [4.78, 5) is 0. The molecule has 1 nitrogen and oxygen atoms in total. The van der Waals surface area contributed by atoms with Crippen molar-refractivity contribution in [3.8, 4) is 0 Å². The summed E-state index contributed by atoms with van der Waals surface area (Å²) in [6.45, 7) is 4.63. The predicted octanol–water partition coefficient (Wildman–Crippen LogP) is 3.08. The molecule has 0 unspecified atom stereocenters. The lowest BCUT2D eigenvalue weighted by Gasteiger charge is -2.22. The Bertz CT molecular complexity index is 256. The number of aliphatic hydroxyl groups is 1. The largest absolute Gasteiger partial charge is 0.396 e. The fraction of sp³-hybridized carbons (Fsp3) is 0.500. The molecule has 1 aromatic rings. The van der Waals surface area contributed by atoms with Crippen LogP contribution >= 0.6 is 11.8 Å². The van der Waals surface area contributed by atoms with Gasteiger partial charge in [-0.25, -0.2) is 0 Å². The molecule has 0 atom stereocenters. The minimum atomic E-state index is 0.171. The van der Waals surface area contributed by atoms with Crippen LogP contribution in [0.3, 0.4) is 0 Å². The van der Waals surface area contributed by atoms with Gasteiger partial charge in [-0.05, 0) is 12.0 Å². The van der Waals surface area contributed by atoms with Gasteiger partial charge in [0.1, 0.15) is 0 Å². The highest BCUT2D eigenvalue weighted by Gasteiger charge is 2.17. The summed E-state index contributed by atoms with van der Waals surface area (Å²) in [6, 6.07) is 10.4. The normalized spacial score (nSPS) is 11.6. The maximum atomic E-state index is 8.89. The molecule has 0 aromatic heterocycles. The van der Waals surface area contributed by atoms with Crippen molar-refractivity contribution in [1.82, 2.24) is 0 Å². The van der Waals surface area contributed by atoms with Gasteiger partial charge >= 0.3 is 0 Å². The molecule has 1 rings (SSSR count). The highest BCUT2D eigenvalue weighted by atomic mass is 32.2. The van der Waals surface area contributed by atoms with Crippen LogP contribution in [0.25, 0.3) is 0 Å². The fourth-order valence-corrected chi connectivity index (χ4v) is 2.18. The summed E-state index contributed by atoms with van der Waals surface area (Å²) in [5.41, 5.74) is 1.35. The second-order valence-corrected chi connectivity index (χ2v) is 5.69. The fourth-order valence-electron chi connectivity index (χ4n) is 1.19. The molecule has 78 valence electrons. The maximum Gasteiger partial charge on any atom is 0.0444 e. The zero-order valence-electron chi connectivity index (χ0n) is 8.86. The average molecular weight is 210 g/mol. The lowest BCUT2D eigenvalue weighted by molar-refractivity contribution is 0.275. The lowest BCUT2D eigenvalue weighted by atomic mass is 10.1. The van der Waals surface area contributed by atoms with Gasteiger partial charge in [-0.15, -0.1) is 0 Å². The first-order valence-electron chi connectivity index (χ1n) is 4.93. The van der Waals surface area contributed by atoms with Crippen LogP contribution in [0.1, 0.15) is 25.8 Å². The van der Waals surface area contributed by atoms with Crippen molar-refractivity contribution in [2.45, 2.75) is 30.8 Å². The molecule has 0 aliphatic carbocycles. The minimum absolute atomic E-state index is 0.171. The quantitative estimate of drug-likeness (QED) is 0.806. The van der Waals surface area contributed by atoms with Crippen molar-refractivity contribution in [3.63, 3.8) is 0 Å².